The Labute approximate surface area is 94.0 Å². The number of carboxylic acid groups (broad SMARTS) is 1. The van der Waals surface area contributed by atoms with Gasteiger partial charge in [-0.2, -0.15) is 0 Å². The number of hydrogen-bond donors (Lipinski definition) is 2. The number of allylic oxidation sites excluding steroid dienone is 1. The van der Waals surface area contributed by atoms with Crippen LogP contribution in [-0.2, 0) is 4.79 Å². The first kappa shape index (κ1) is 11.5. The average Bonchev–Trinajstić information content (AvgIpc) is 2.18. The van der Waals surface area contributed by atoms with Crippen molar-refractivity contribution in [3.63, 3.8) is 0 Å². The molecule has 0 aromatic heterocycles. The van der Waals surface area contributed by atoms with Crippen LogP contribution in [0.1, 0.15) is 10.4 Å². The number of benzene rings is 1. The molecule has 0 amide bonds. The fraction of sp³-hybridized carbons (Fsp3) is 0. The summed E-state index contributed by atoms with van der Waals surface area (Å²) in [7, 11) is 0. The summed E-state index contributed by atoms with van der Waals surface area (Å²) in [5, 5.41) is 17.7. The van der Waals surface area contributed by atoms with Crippen LogP contribution in [0.4, 0.5) is 0 Å². The van der Waals surface area contributed by atoms with Gasteiger partial charge in [0.2, 0.25) is 0 Å². The number of phenols is 1. The summed E-state index contributed by atoms with van der Waals surface area (Å²) in [5.41, 5.74) is 0.0573. The number of hydrogen-bond acceptors (Lipinski definition) is 3. The molecule has 1 rings (SSSR count). The maximum atomic E-state index is 11.4. The fourth-order valence-corrected chi connectivity index (χ4v) is 1.30. The van der Waals surface area contributed by atoms with Crippen molar-refractivity contribution in [2.45, 2.75) is 0 Å². The van der Waals surface area contributed by atoms with Gasteiger partial charge in [-0.1, -0.05) is 15.9 Å². The average molecular weight is 271 g/mol. The number of phenolic OH excluding ortho intramolecular Hbond substituents is 1. The van der Waals surface area contributed by atoms with E-state index >= 15 is 0 Å². The number of carbonyl (C=O) groups is 2. The quantitative estimate of drug-likeness (QED) is 0.651. The second-order valence-electron chi connectivity index (χ2n) is 2.70. The summed E-state index contributed by atoms with van der Waals surface area (Å²) in [6.07, 6.45) is 1.62. The molecule has 0 unspecified atom stereocenters. The van der Waals surface area contributed by atoms with Crippen LogP contribution in [0.5, 0.6) is 5.75 Å². The Hall–Kier alpha value is -1.62. The van der Waals surface area contributed by atoms with Gasteiger partial charge in [-0.3, -0.25) is 4.79 Å². The summed E-state index contributed by atoms with van der Waals surface area (Å²) >= 11 is 3.14. The molecule has 0 aliphatic heterocycles. The standard InChI is InChI=1S/C10H7BrO4/c11-6-1-2-8(12)7(5-6)9(13)3-4-10(14)15/h1-5,12H,(H,14,15). The molecule has 0 radical (unpaired) electrons. The SMILES string of the molecule is O=C(O)C=CC(=O)c1cc(Br)ccc1O. The van der Waals surface area contributed by atoms with Crippen molar-refractivity contribution in [2.75, 3.05) is 0 Å². The van der Waals surface area contributed by atoms with Gasteiger partial charge >= 0.3 is 5.97 Å². The van der Waals surface area contributed by atoms with Crippen LogP contribution in [0.15, 0.2) is 34.8 Å². The zero-order valence-electron chi connectivity index (χ0n) is 7.48. The largest absolute Gasteiger partial charge is 0.507 e. The monoisotopic (exact) mass is 270 g/mol. The van der Waals surface area contributed by atoms with Crippen molar-refractivity contribution in [1.29, 1.82) is 0 Å². The number of aliphatic carboxylic acids is 1. The summed E-state index contributed by atoms with van der Waals surface area (Å²) in [6.45, 7) is 0. The van der Waals surface area contributed by atoms with Gasteiger partial charge in [0, 0.05) is 10.5 Å². The Bertz CT molecular complexity index is 437. The molecular weight excluding hydrogens is 264 g/mol. The Kier molecular flexibility index (Phi) is 3.62. The Morgan fingerprint density at radius 3 is 2.53 bits per heavy atom. The lowest BCUT2D eigenvalue weighted by molar-refractivity contribution is -0.131. The molecule has 2 N–H and O–H groups in total. The highest BCUT2D eigenvalue weighted by atomic mass is 79.9. The van der Waals surface area contributed by atoms with Crippen LogP contribution in [0.25, 0.3) is 0 Å². The molecule has 0 bridgehead atoms. The minimum absolute atomic E-state index is 0.0573. The third kappa shape index (κ3) is 3.21. The molecule has 0 heterocycles. The highest BCUT2D eigenvalue weighted by Gasteiger charge is 2.08. The number of halogens is 1. The molecule has 0 fully saturated rings. The minimum atomic E-state index is -1.21. The molecule has 0 saturated carbocycles. The molecule has 0 atom stereocenters. The highest BCUT2D eigenvalue weighted by molar-refractivity contribution is 9.10. The molecular formula is C10H7BrO4. The topological polar surface area (TPSA) is 74.6 Å². The van der Waals surface area contributed by atoms with E-state index in [0.717, 1.165) is 12.2 Å². The van der Waals surface area contributed by atoms with Crippen LogP contribution in [-0.4, -0.2) is 22.0 Å². The van der Waals surface area contributed by atoms with Crippen molar-refractivity contribution in [1.82, 2.24) is 0 Å². The molecule has 1 aromatic carbocycles. The first-order valence-corrected chi connectivity index (χ1v) is 4.74. The number of carboxylic acids is 1. The van der Waals surface area contributed by atoms with Gasteiger partial charge in [0.15, 0.2) is 5.78 Å². The Balaban J connectivity index is 3.01. The number of rotatable bonds is 3. The smallest absolute Gasteiger partial charge is 0.328 e. The first-order chi connectivity index (χ1) is 7.00. The van der Waals surface area contributed by atoms with Gasteiger partial charge in [0.1, 0.15) is 5.75 Å². The zero-order valence-corrected chi connectivity index (χ0v) is 9.06. The molecule has 1 aromatic rings. The third-order valence-electron chi connectivity index (χ3n) is 1.60. The van der Waals surface area contributed by atoms with Gasteiger partial charge < -0.3 is 10.2 Å². The van der Waals surface area contributed by atoms with Gasteiger partial charge in [-0.05, 0) is 24.3 Å². The normalized spacial score (nSPS) is 10.5. The first-order valence-electron chi connectivity index (χ1n) is 3.94. The summed E-state index contributed by atoms with van der Waals surface area (Å²) < 4.78 is 0.632. The molecule has 4 nitrogen and oxygen atoms in total. The van der Waals surface area contributed by atoms with E-state index in [9.17, 15) is 14.7 Å². The van der Waals surface area contributed by atoms with Gasteiger partial charge in [-0.15, -0.1) is 0 Å². The molecule has 0 aliphatic rings. The lowest BCUT2D eigenvalue weighted by Gasteiger charge is -2.00. The van der Waals surface area contributed by atoms with Crippen molar-refractivity contribution >= 4 is 27.7 Å². The number of aromatic hydroxyl groups is 1. The predicted molar refractivity (Wildman–Crippen MR) is 56.9 cm³/mol. The van der Waals surface area contributed by atoms with Crippen LogP contribution in [0.2, 0.25) is 0 Å². The molecule has 5 heteroatoms. The number of carbonyl (C=O) groups excluding carboxylic acids is 1. The second kappa shape index (κ2) is 4.75. The van der Waals surface area contributed by atoms with E-state index in [4.69, 9.17) is 5.11 Å². The molecule has 15 heavy (non-hydrogen) atoms. The van der Waals surface area contributed by atoms with Crippen molar-refractivity contribution < 1.29 is 19.8 Å². The molecule has 0 aliphatic carbocycles. The number of ketones is 1. The van der Waals surface area contributed by atoms with Crippen molar-refractivity contribution in [3.8, 4) is 5.75 Å². The molecule has 0 saturated heterocycles. The maximum Gasteiger partial charge on any atom is 0.328 e. The van der Waals surface area contributed by atoms with E-state index in [0.29, 0.717) is 4.47 Å². The zero-order chi connectivity index (χ0) is 11.4. The minimum Gasteiger partial charge on any atom is -0.507 e. The van der Waals surface area contributed by atoms with Gasteiger partial charge in [0.05, 0.1) is 5.56 Å². The Morgan fingerprint density at radius 1 is 1.27 bits per heavy atom. The van der Waals surface area contributed by atoms with E-state index in [1.165, 1.54) is 12.1 Å². The van der Waals surface area contributed by atoms with E-state index in [-0.39, 0.29) is 11.3 Å². The summed E-state index contributed by atoms with van der Waals surface area (Å²) in [4.78, 5) is 21.6. The van der Waals surface area contributed by atoms with E-state index in [1.54, 1.807) is 6.07 Å². The fourth-order valence-electron chi connectivity index (χ4n) is 0.942. The van der Waals surface area contributed by atoms with E-state index in [1.807, 2.05) is 0 Å². The third-order valence-corrected chi connectivity index (χ3v) is 2.09. The van der Waals surface area contributed by atoms with Gasteiger partial charge in [0.25, 0.3) is 0 Å². The van der Waals surface area contributed by atoms with Crippen molar-refractivity contribution in [3.05, 3.63) is 40.4 Å². The Morgan fingerprint density at radius 2 is 1.93 bits per heavy atom. The van der Waals surface area contributed by atoms with Crippen LogP contribution in [0, 0.1) is 0 Å². The summed E-state index contributed by atoms with van der Waals surface area (Å²) in [6, 6.07) is 4.35. The van der Waals surface area contributed by atoms with Crippen LogP contribution in [0.3, 0.4) is 0 Å². The highest BCUT2D eigenvalue weighted by Crippen LogP contribution is 2.22. The maximum absolute atomic E-state index is 11.4. The van der Waals surface area contributed by atoms with Gasteiger partial charge in [-0.25, -0.2) is 4.79 Å². The summed E-state index contributed by atoms with van der Waals surface area (Å²) in [5.74, 6) is -1.95. The molecule has 78 valence electrons. The van der Waals surface area contributed by atoms with E-state index in [2.05, 4.69) is 15.9 Å². The van der Waals surface area contributed by atoms with Crippen molar-refractivity contribution in [2.24, 2.45) is 0 Å². The van der Waals surface area contributed by atoms with Crippen LogP contribution >= 0.6 is 15.9 Å². The van der Waals surface area contributed by atoms with E-state index < -0.39 is 11.8 Å². The lowest BCUT2D eigenvalue weighted by Crippen LogP contribution is -1.97. The second-order valence-corrected chi connectivity index (χ2v) is 3.61. The predicted octanol–water partition coefficient (Wildman–Crippen LogP) is 1.98. The van der Waals surface area contributed by atoms with Crippen LogP contribution < -0.4 is 0 Å². The lowest BCUT2D eigenvalue weighted by atomic mass is 10.1. The molecule has 0 spiro atoms.